The molecule has 2 aliphatic heterocycles. The first kappa shape index (κ1) is 14.5. The maximum absolute atomic E-state index is 13.2. The highest BCUT2D eigenvalue weighted by Gasteiger charge is 2.29. The van der Waals surface area contributed by atoms with Crippen LogP contribution < -0.4 is 0 Å². The fourth-order valence-corrected chi connectivity index (χ4v) is 3.49. The molecule has 0 spiro atoms. The van der Waals surface area contributed by atoms with Crippen molar-refractivity contribution < 1.29 is 14.3 Å². The van der Waals surface area contributed by atoms with Crippen LogP contribution in [0.3, 0.4) is 0 Å². The Hall–Kier alpha value is -1.46. The van der Waals surface area contributed by atoms with Crippen LogP contribution in [0.4, 0.5) is 4.39 Å². The minimum atomic E-state index is -1.06. The van der Waals surface area contributed by atoms with Crippen LogP contribution in [0.5, 0.6) is 0 Å². The number of carboxylic acids is 1. The van der Waals surface area contributed by atoms with Crippen molar-refractivity contribution in [3.05, 3.63) is 35.1 Å². The van der Waals surface area contributed by atoms with Gasteiger partial charge in [-0.15, -0.1) is 0 Å². The van der Waals surface area contributed by atoms with Crippen LogP contribution in [0, 0.1) is 5.82 Å². The molecule has 3 rings (SSSR count). The molecule has 1 aromatic carbocycles. The number of rotatable bonds is 4. The lowest BCUT2D eigenvalue weighted by Crippen LogP contribution is -2.35. The second kappa shape index (κ2) is 6.12. The zero-order valence-electron chi connectivity index (χ0n) is 12.1. The Bertz CT molecular complexity index is 529. The van der Waals surface area contributed by atoms with Gasteiger partial charge < -0.3 is 5.11 Å². The van der Waals surface area contributed by atoms with E-state index in [0.29, 0.717) is 18.2 Å². The summed E-state index contributed by atoms with van der Waals surface area (Å²) in [6.45, 7) is 4.94. The van der Waals surface area contributed by atoms with Crippen molar-refractivity contribution in [1.82, 2.24) is 9.80 Å². The third-order valence-electron chi connectivity index (χ3n) is 4.60. The highest BCUT2D eigenvalue weighted by atomic mass is 19.1. The predicted molar refractivity (Wildman–Crippen MR) is 77.8 cm³/mol. The van der Waals surface area contributed by atoms with Gasteiger partial charge >= 0.3 is 5.97 Å². The maximum Gasteiger partial charge on any atom is 0.336 e. The van der Waals surface area contributed by atoms with E-state index in [1.165, 1.54) is 32.0 Å². The SMILES string of the molecule is O=C(O)c1cc(F)ccc1CN1CCC(N2CCCC2)C1. The summed E-state index contributed by atoms with van der Waals surface area (Å²) in [7, 11) is 0. The molecule has 21 heavy (non-hydrogen) atoms. The molecule has 2 aliphatic rings. The van der Waals surface area contributed by atoms with Gasteiger partial charge in [0.15, 0.2) is 0 Å². The number of benzene rings is 1. The number of likely N-dealkylation sites (tertiary alicyclic amines) is 2. The molecule has 1 aromatic rings. The number of nitrogens with zero attached hydrogens (tertiary/aromatic N) is 2. The summed E-state index contributed by atoms with van der Waals surface area (Å²) in [5.74, 6) is -1.55. The van der Waals surface area contributed by atoms with Crippen LogP contribution in [0.15, 0.2) is 18.2 Å². The number of halogens is 1. The van der Waals surface area contributed by atoms with Gasteiger partial charge in [-0.1, -0.05) is 6.07 Å². The van der Waals surface area contributed by atoms with Gasteiger partial charge in [0.1, 0.15) is 5.82 Å². The second-order valence-corrected chi connectivity index (χ2v) is 6.03. The van der Waals surface area contributed by atoms with Gasteiger partial charge in [-0.05, 0) is 50.0 Å². The Morgan fingerprint density at radius 2 is 2.05 bits per heavy atom. The molecule has 1 N–H and O–H groups in total. The summed E-state index contributed by atoms with van der Waals surface area (Å²) in [5, 5.41) is 9.20. The quantitative estimate of drug-likeness (QED) is 0.924. The van der Waals surface area contributed by atoms with Crippen molar-refractivity contribution in [1.29, 1.82) is 0 Å². The molecule has 0 radical (unpaired) electrons. The van der Waals surface area contributed by atoms with Crippen molar-refractivity contribution in [2.75, 3.05) is 26.2 Å². The largest absolute Gasteiger partial charge is 0.478 e. The van der Waals surface area contributed by atoms with Crippen LogP contribution >= 0.6 is 0 Å². The summed E-state index contributed by atoms with van der Waals surface area (Å²) in [4.78, 5) is 16.1. The van der Waals surface area contributed by atoms with Crippen LogP contribution in [0.2, 0.25) is 0 Å². The molecular formula is C16H21FN2O2. The van der Waals surface area contributed by atoms with E-state index in [2.05, 4.69) is 9.80 Å². The molecule has 4 nitrogen and oxygen atoms in total. The summed E-state index contributed by atoms with van der Waals surface area (Å²) in [5.41, 5.74) is 0.783. The Labute approximate surface area is 124 Å². The van der Waals surface area contributed by atoms with E-state index in [9.17, 15) is 14.3 Å². The van der Waals surface area contributed by atoms with E-state index in [0.717, 1.165) is 25.6 Å². The summed E-state index contributed by atoms with van der Waals surface area (Å²) in [6, 6.07) is 4.66. The lowest BCUT2D eigenvalue weighted by atomic mass is 10.1. The van der Waals surface area contributed by atoms with Gasteiger partial charge in [-0.2, -0.15) is 0 Å². The van der Waals surface area contributed by atoms with E-state index in [-0.39, 0.29) is 5.56 Å². The third-order valence-corrected chi connectivity index (χ3v) is 4.60. The molecule has 0 bridgehead atoms. The zero-order chi connectivity index (χ0) is 14.8. The molecular weight excluding hydrogens is 271 g/mol. The first-order valence-corrected chi connectivity index (χ1v) is 7.61. The van der Waals surface area contributed by atoms with Gasteiger partial charge in [-0.3, -0.25) is 9.80 Å². The van der Waals surface area contributed by atoms with Crippen molar-refractivity contribution in [3.63, 3.8) is 0 Å². The smallest absolute Gasteiger partial charge is 0.336 e. The normalized spacial score (nSPS) is 23.8. The van der Waals surface area contributed by atoms with Gasteiger partial charge in [0.25, 0.3) is 0 Å². The average molecular weight is 292 g/mol. The highest BCUT2D eigenvalue weighted by molar-refractivity contribution is 5.89. The summed E-state index contributed by atoms with van der Waals surface area (Å²) >= 11 is 0. The van der Waals surface area contributed by atoms with Gasteiger partial charge in [-0.25, -0.2) is 9.18 Å². The first-order chi connectivity index (χ1) is 10.1. The molecule has 5 heteroatoms. The minimum absolute atomic E-state index is 0.0830. The molecule has 0 amide bonds. The molecule has 0 aliphatic carbocycles. The van der Waals surface area contributed by atoms with Crippen LogP contribution in [-0.2, 0) is 6.54 Å². The number of carboxylic acid groups (broad SMARTS) is 1. The maximum atomic E-state index is 13.2. The topological polar surface area (TPSA) is 43.8 Å². The summed E-state index contributed by atoms with van der Waals surface area (Å²) in [6.07, 6.45) is 3.72. The Kier molecular flexibility index (Phi) is 4.22. The van der Waals surface area contributed by atoms with Crippen LogP contribution in [0.25, 0.3) is 0 Å². The number of aromatic carboxylic acids is 1. The fourth-order valence-electron chi connectivity index (χ4n) is 3.49. The highest BCUT2D eigenvalue weighted by Crippen LogP contribution is 2.23. The van der Waals surface area contributed by atoms with Crippen molar-refractivity contribution in [2.45, 2.75) is 31.8 Å². The third kappa shape index (κ3) is 3.24. The number of carbonyl (C=O) groups is 1. The van der Waals surface area contributed by atoms with Crippen LogP contribution in [-0.4, -0.2) is 53.1 Å². The molecule has 2 fully saturated rings. The van der Waals surface area contributed by atoms with E-state index < -0.39 is 11.8 Å². The Morgan fingerprint density at radius 3 is 2.76 bits per heavy atom. The van der Waals surface area contributed by atoms with E-state index in [1.807, 2.05) is 0 Å². The molecule has 114 valence electrons. The molecule has 0 saturated carbocycles. The average Bonchev–Trinajstić information content (AvgIpc) is 3.11. The molecule has 1 unspecified atom stereocenters. The van der Waals surface area contributed by atoms with Crippen LogP contribution in [0.1, 0.15) is 35.2 Å². The van der Waals surface area contributed by atoms with E-state index in [4.69, 9.17) is 0 Å². The van der Waals surface area contributed by atoms with Gasteiger partial charge in [0.2, 0.25) is 0 Å². The zero-order valence-corrected chi connectivity index (χ0v) is 12.1. The molecule has 1 atom stereocenters. The lowest BCUT2D eigenvalue weighted by Gasteiger charge is -2.24. The minimum Gasteiger partial charge on any atom is -0.478 e. The lowest BCUT2D eigenvalue weighted by molar-refractivity contribution is 0.0694. The monoisotopic (exact) mass is 292 g/mol. The van der Waals surface area contributed by atoms with Gasteiger partial charge in [0, 0.05) is 25.7 Å². The number of hydrogen-bond donors (Lipinski definition) is 1. The Morgan fingerprint density at radius 1 is 1.29 bits per heavy atom. The standard InChI is InChI=1S/C16H21FN2O2/c17-13-4-3-12(15(9-13)16(20)21)10-18-8-5-14(11-18)19-6-1-2-7-19/h3-4,9,14H,1-2,5-8,10-11H2,(H,20,21). The second-order valence-electron chi connectivity index (χ2n) is 6.03. The van der Waals surface area contributed by atoms with Gasteiger partial charge in [0.05, 0.1) is 5.56 Å². The Balaban J connectivity index is 1.66. The molecule has 0 aromatic heterocycles. The molecule has 2 heterocycles. The summed E-state index contributed by atoms with van der Waals surface area (Å²) < 4.78 is 13.2. The van der Waals surface area contributed by atoms with Crippen molar-refractivity contribution in [3.8, 4) is 0 Å². The molecule has 2 saturated heterocycles. The van der Waals surface area contributed by atoms with E-state index >= 15 is 0 Å². The number of hydrogen-bond acceptors (Lipinski definition) is 3. The predicted octanol–water partition coefficient (Wildman–Crippen LogP) is 2.19. The van der Waals surface area contributed by atoms with E-state index in [1.54, 1.807) is 6.07 Å². The first-order valence-electron chi connectivity index (χ1n) is 7.61. The van der Waals surface area contributed by atoms with Crippen molar-refractivity contribution in [2.24, 2.45) is 0 Å². The fraction of sp³-hybridized carbons (Fsp3) is 0.562. The van der Waals surface area contributed by atoms with Crippen molar-refractivity contribution >= 4 is 5.97 Å².